The molecule has 2 atom stereocenters. The third kappa shape index (κ3) is 3.80. The van der Waals surface area contributed by atoms with Crippen molar-refractivity contribution in [3.05, 3.63) is 17.5 Å². The zero-order valence-electron chi connectivity index (χ0n) is 12.5. The fourth-order valence-corrected chi connectivity index (χ4v) is 2.51. The van der Waals surface area contributed by atoms with Gasteiger partial charge in [-0.1, -0.05) is 0 Å². The number of nitrogens with zero attached hydrogens (tertiary/aromatic N) is 3. The van der Waals surface area contributed by atoms with Gasteiger partial charge in [0, 0.05) is 31.2 Å². The summed E-state index contributed by atoms with van der Waals surface area (Å²) in [5.74, 6) is 0.113. The van der Waals surface area contributed by atoms with Crippen molar-refractivity contribution in [1.82, 2.24) is 14.7 Å². The lowest BCUT2D eigenvalue weighted by molar-refractivity contribution is -0.139. The van der Waals surface area contributed by atoms with Gasteiger partial charge in [0.05, 0.1) is 24.9 Å². The Morgan fingerprint density at radius 2 is 2.35 bits per heavy atom. The standard InChI is InChI=1S/C14H24N4O2/c1-10(15)6-14(19)17-4-5-20-13(8-17)9-18-12(3)7-11(2)16-18/h7,10,13H,4-6,8-9,15H2,1-3H3. The molecule has 1 amide bonds. The Kier molecular flexibility index (Phi) is 4.77. The molecule has 20 heavy (non-hydrogen) atoms. The van der Waals surface area contributed by atoms with Crippen molar-refractivity contribution in [2.75, 3.05) is 19.7 Å². The zero-order chi connectivity index (χ0) is 14.7. The average Bonchev–Trinajstić information content (AvgIpc) is 2.67. The van der Waals surface area contributed by atoms with Gasteiger partial charge in [-0.15, -0.1) is 0 Å². The van der Waals surface area contributed by atoms with E-state index in [1.165, 1.54) is 0 Å². The lowest BCUT2D eigenvalue weighted by Gasteiger charge is -2.33. The van der Waals surface area contributed by atoms with Gasteiger partial charge in [-0.3, -0.25) is 9.48 Å². The predicted octanol–water partition coefficient (Wildman–Crippen LogP) is 0.465. The highest BCUT2D eigenvalue weighted by atomic mass is 16.5. The van der Waals surface area contributed by atoms with E-state index in [0.29, 0.717) is 32.7 Å². The van der Waals surface area contributed by atoms with E-state index < -0.39 is 0 Å². The van der Waals surface area contributed by atoms with Gasteiger partial charge < -0.3 is 15.4 Å². The molecule has 1 fully saturated rings. The van der Waals surface area contributed by atoms with Gasteiger partial charge in [0.25, 0.3) is 0 Å². The first-order chi connectivity index (χ1) is 9.45. The number of ether oxygens (including phenoxy) is 1. The summed E-state index contributed by atoms with van der Waals surface area (Å²) in [6, 6.07) is 1.95. The molecule has 2 heterocycles. The molecule has 112 valence electrons. The lowest BCUT2D eigenvalue weighted by atomic mass is 10.2. The van der Waals surface area contributed by atoms with Crippen molar-refractivity contribution >= 4 is 5.91 Å². The Balaban J connectivity index is 1.93. The largest absolute Gasteiger partial charge is 0.373 e. The van der Waals surface area contributed by atoms with Crippen molar-refractivity contribution in [2.24, 2.45) is 5.73 Å². The first-order valence-corrected chi connectivity index (χ1v) is 7.11. The van der Waals surface area contributed by atoms with Crippen molar-refractivity contribution in [1.29, 1.82) is 0 Å². The molecule has 0 aromatic carbocycles. The molecule has 6 nitrogen and oxygen atoms in total. The minimum atomic E-state index is -0.0974. The molecule has 1 aromatic rings. The van der Waals surface area contributed by atoms with Crippen molar-refractivity contribution in [2.45, 2.75) is 45.9 Å². The maximum Gasteiger partial charge on any atom is 0.224 e. The normalized spacial score (nSPS) is 21.0. The summed E-state index contributed by atoms with van der Waals surface area (Å²) >= 11 is 0. The summed E-state index contributed by atoms with van der Waals surface area (Å²) in [6.45, 7) is 8.39. The number of aryl methyl sites for hydroxylation is 2. The number of carbonyl (C=O) groups is 1. The van der Waals surface area contributed by atoms with E-state index >= 15 is 0 Å². The fraction of sp³-hybridized carbons (Fsp3) is 0.714. The second-order valence-corrected chi connectivity index (χ2v) is 5.62. The molecule has 1 aromatic heterocycles. The van der Waals surface area contributed by atoms with Gasteiger partial charge in [0.2, 0.25) is 5.91 Å². The van der Waals surface area contributed by atoms with Crippen LogP contribution in [0.1, 0.15) is 24.7 Å². The predicted molar refractivity (Wildman–Crippen MR) is 76.3 cm³/mol. The van der Waals surface area contributed by atoms with Crippen LogP contribution in [-0.2, 0) is 16.1 Å². The van der Waals surface area contributed by atoms with Crippen LogP contribution < -0.4 is 5.73 Å². The van der Waals surface area contributed by atoms with E-state index in [1.807, 2.05) is 36.4 Å². The molecular weight excluding hydrogens is 256 g/mol. The number of amides is 1. The first-order valence-electron chi connectivity index (χ1n) is 7.11. The lowest BCUT2D eigenvalue weighted by Crippen LogP contribution is -2.48. The molecular formula is C14H24N4O2. The van der Waals surface area contributed by atoms with E-state index in [4.69, 9.17) is 10.5 Å². The van der Waals surface area contributed by atoms with Gasteiger partial charge >= 0.3 is 0 Å². The Morgan fingerprint density at radius 1 is 1.60 bits per heavy atom. The topological polar surface area (TPSA) is 73.4 Å². The van der Waals surface area contributed by atoms with Crippen LogP contribution in [0.25, 0.3) is 0 Å². The monoisotopic (exact) mass is 280 g/mol. The van der Waals surface area contributed by atoms with Crippen molar-refractivity contribution in [3.8, 4) is 0 Å². The smallest absolute Gasteiger partial charge is 0.224 e. The average molecular weight is 280 g/mol. The van der Waals surface area contributed by atoms with Crippen LogP contribution in [0.4, 0.5) is 0 Å². The van der Waals surface area contributed by atoms with Crippen LogP contribution in [0.2, 0.25) is 0 Å². The highest BCUT2D eigenvalue weighted by molar-refractivity contribution is 5.76. The van der Waals surface area contributed by atoms with Gasteiger partial charge in [-0.25, -0.2) is 0 Å². The number of hydrogen-bond donors (Lipinski definition) is 1. The van der Waals surface area contributed by atoms with E-state index in [1.54, 1.807) is 0 Å². The quantitative estimate of drug-likeness (QED) is 0.870. The molecule has 2 rings (SSSR count). The number of hydrogen-bond acceptors (Lipinski definition) is 4. The van der Waals surface area contributed by atoms with Crippen LogP contribution in [0.5, 0.6) is 0 Å². The minimum Gasteiger partial charge on any atom is -0.373 e. The molecule has 0 bridgehead atoms. The van der Waals surface area contributed by atoms with Crippen LogP contribution in [0.15, 0.2) is 6.07 Å². The molecule has 1 aliphatic heterocycles. The van der Waals surface area contributed by atoms with Crippen LogP contribution in [0, 0.1) is 13.8 Å². The summed E-state index contributed by atoms with van der Waals surface area (Å²) in [5, 5.41) is 4.44. The van der Waals surface area contributed by atoms with Gasteiger partial charge in [-0.2, -0.15) is 5.10 Å². The highest BCUT2D eigenvalue weighted by Gasteiger charge is 2.25. The second-order valence-electron chi connectivity index (χ2n) is 5.62. The van der Waals surface area contributed by atoms with Crippen LogP contribution in [0.3, 0.4) is 0 Å². The van der Waals surface area contributed by atoms with E-state index in [2.05, 4.69) is 5.10 Å². The number of carbonyl (C=O) groups excluding carboxylic acids is 1. The Labute approximate surface area is 119 Å². The summed E-state index contributed by atoms with van der Waals surface area (Å²) in [7, 11) is 0. The van der Waals surface area contributed by atoms with E-state index in [0.717, 1.165) is 11.4 Å². The summed E-state index contributed by atoms with van der Waals surface area (Å²) < 4.78 is 7.69. The number of rotatable bonds is 4. The highest BCUT2D eigenvalue weighted by Crippen LogP contribution is 2.11. The summed E-state index contributed by atoms with van der Waals surface area (Å²) in [6.07, 6.45) is 0.394. The SMILES string of the molecule is Cc1cc(C)n(CC2CN(C(=O)CC(C)N)CCO2)n1. The van der Waals surface area contributed by atoms with E-state index in [-0.39, 0.29) is 18.1 Å². The van der Waals surface area contributed by atoms with Crippen molar-refractivity contribution < 1.29 is 9.53 Å². The zero-order valence-corrected chi connectivity index (χ0v) is 12.5. The molecule has 1 saturated heterocycles. The molecule has 2 unspecified atom stereocenters. The van der Waals surface area contributed by atoms with E-state index in [9.17, 15) is 4.79 Å². The Morgan fingerprint density at radius 3 is 2.95 bits per heavy atom. The minimum absolute atomic E-state index is 0.00113. The third-order valence-electron chi connectivity index (χ3n) is 3.47. The van der Waals surface area contributed by atoms with Crippen LogP contribution in [-0.4, -0.2) is 52.4 Å². The molecule has 0 saturated carbocycles. The summed E-state index contributed by atoms with van der Waals surface area (Å²) in [5.41, 5.74) is 7.81. The molecule has 1 aliphatic rings. The summed E-state index contributed by atoms with van der Waals surface area (Å²) in [4.78, 5) is 13.9. The van der Waals surface area contributed by atoms with Gasteiger partial charge in [0.15, 0.2) is 0 Å². The molecule has 2 N–H and O–H groups in total. The van der Waals surface area contributed by atoms with Gasteiger partial charge in [-0.05, 0) is 26.8 Å². The number of nitrogens with two attached hydrogens (primary N) is 1. The number of aromatic nitrogens is 2. The number of morpholine rings is 1. The maximum atomic E-state index is 12.0. The van der Waals surface area contributed by atoms with Gasteiger partial charge in [0.1, 0.15) is 0 Å². The molecule has 0 radical (unpaired) electrons. The third-order valence-corrected chi connectivity index (χ3v) is 3.47. The maximum absolute atomic E-state index is 12.0. The fourth-order valence-electron chi connectivity index (χ4n) is 2.51. The second kappa shape index (κ2) is 6.37. The van der Waals surface area contributed by atoms with Crippen molar-refractivity contribution in [3.63, 3.8) is 0 Å². The Hall–Kier alpha value is -1.40. The van der Waals surface area contributed by atoms with Crippen LogP contribution >= 0.6 is 0 Å². The first kappa shape index (κ1) is 15.0. The molecule has 0 spiro atoms. The Bertz CT molecular complexity index is 470. The molecule has 0 aliphatic carbocycles. The molecule has 6 heteroatoms.